The van der Waals surface area contributed by atoms with Gasteiger partial charge in [0.1, 0.15) is 22.8 Å². The van der Waals surface area contributed by atoms with Crippen molar-refractivity contribution in [3.8, 4) is 0 Å². The maximum atomic E-state index is 13.4. The van der Waals surface area contributed by atoms with Gasteiger partial charge in [-0.2, -0.15) is 0 Å². The number of rotatable bonds is 6. The first-order valence-electron chi connectivity index (χ1n) is 12.4. The Morgan fingerprint density at radius 3 is 2.54 bits per heavy atom. The number of nitrogens with zero attached hydrogens (tertiary/aromatic N) is 4. The SMILES string of the molecule is CN(C)c1ccc2oc(C(=O)Nc3ccc(Cl)cn3)c(NC(=O)[C@H]3CC[C@H](N4CCCC4=O)CC3)c2n1. The molecule has 1 aliphatic heterocycles. The number of likely N-dealkylation sites (tertiary alicyclic amines) is 1. The summed E-state index contributed by atoms with van der Waals surface area (Å²) in [6, 6.07) is 6.89. The number of fused-ring (bicyclic) bond motifs is 1. The molecule has 0 bridgehead atoms. The summed E-state index contributed by atoms with van der Waals surface area (Å²) in [5, 5.41) is 6.07. The smallest absolute Gasteiger partial charge is 0.294 e. The number of halogens is 1. The Kier molecular flexibility index (Phi) is 7.01. The lowest BCUT2D eigenvalue weighted by Gasteiger charge is -2.34. The Labute approximate surface area is 219 Å². The predicted molar refractivity (Wildman–Crippen MR) is 141 cm³/mol. The molecule has 0 unspecified atom stereocenters. The lowest BCUT2D eigenvalue weighted by Crippen LogP contribution is -2.40. The normalized spacial score (nSPS) is 19.8. The van der Waals surface area contributed by atoms with Crippen LogP contribution in [0.3, 0.4) is 0 Å². The van der Waals surface area contributed by atoms with Crippen LogP contribution in [-0.4, -0.2) is 59.3 Å². The number of hydrogen-bond acceptors (Lipinski definition) is 7. The lowest BCUT2D eigenvalue weighted by atomic mass is 9.84. The van der Waals surface area contributed by atoms with Gasteiger partial charge >= 0.3 is 0 Å². The highest BCUT2D eigenvalue weighted by atomic mass is 35.5. The maximum absolute atomic E-state index is 13.4. The molecule has 0 radical (unpaired) electrons. The molecule has 3 aromatic rings. The van der Waals surface area contributed by atoms with Crippen LogP contribution in [0.4, 0.5) is 17.3 Å². The van der Waals surface area contributed by atoms with Crippen LogP contribution in [0.25, 0.3) is 11.1 Å². The van der Waals surface area contributed by atoms with Crippen LogP contribution in [0.1, 0.15) is 49.1 Å². The minimum absolute atomic E-state index is 0.0557. The maximum Gasteiger partial charge on any atom is 0.294 e. The van der Waals surface area contributed by atoms with E-state index in [-0.39, 0.29) is 35.2 Å². The molecule has 0 aromatic carbocycles. The number of amides is 3. The van der Waals surface area contributed by atoms with E-state index in [1.165, 1.54) is 6.20 Å². The quantitative estimate of drug-likeness (QED) is 0.492. The van der Waals surface area contributed by atoms with Gasteiger partial charge in [0, 0.05) is 45.2 Å². The largest absolute Gasteiger partial charge is 0.447 e. The molecule has 3 amide bonds. The molecule has 0 spiro atoms. The summed E-state index contributed by atoms with van der Waals surface area (Å²) in [4.78, 5) is 51.2. The standard InChI is InChI=1S/C26H29ClN6O4/c1-32(2)20-12-10-18-22(30-20)23(24(37-18)26(36)29-19-11-7-16(27)14-28-19)31-25(35)15-5-8-17(9-6-15)33-13-3-4-21(33)34/h7,10-12,14-15,17H,3-6,8-9,13H2,1-2H3,(H,31,35)(H,28,29,36)/t15-,17-. The minimum Gasteiger partial charge on any atom is -0.447 e. The van der Waals surface area contributed by atoms with Crippen molar-refractivity contribution in [2.24, 2.45) is 5.92 Å². The van der Waals surface area contributed by atoms with Gasteiger partial charge in [0.05, 0.1) is 5.02 Å². The Bertz CT molecular complexity index is 1330. The summed E-state index contributed by atoms with van der Waals surface area (Å²) in [5.41, 5.74) is 1.00. The molecular formula is C26H29ClN6O4. The van der Waals surface area contributed by atoms with Crippen LogP contribution in [0, 0.1) is 5.92 Å². The van der Waals surface area contributed by atoms with E-state index in [1.807, 2.05) is 23.9 Å². The van der Waals surface area contributed by atoms with Crippen LogP contribution in [-0.2, 0) is 9.59 Å². The number of nitrogens with one attached hydrogen (secondary N) is 2. The van der Waals surface area contributed by atoms with E-state index in [0.29, 0.717) is 47.0 Å². The lowest BCUT2D eigenvalue weighted by molar-refractivity contribution is -0.130. The summed E-state index contributed by atoms with van der Waals surface area (Å²) in [5.74, 6) is 0.126. The van der Waals surface area contributed by atoms with Gasteiger partial charge in [-0.05, 0) is 56.4 Å². The summed E-state index contributed by atoms with van der Waals surface area (Å²) in [6.45, 7) is 0.808. The molecule has 194 valence electrons. The van der Waals surface area contributed by atoms with Gasteiger partial charge in [-0.15, -0.1) is 0 Å². The summed E-state index contributed by atoms with van der Waals surface area (Å²) < 4.78 is 5.87. The van der Waals surface area contributed by atoms with Gasteiger partial charge < -0.3 is 24.9 Å². The number of hydrogen-bond donors (Lipinski definition) is 2. The molecule has 2 aliphatic rings. The minimum atomic E-state index is -0.564. The van der Waals surface area contributed by atoms with Gasteiger partial charge in [-0.3, -0.25) is 14.4 Å². The van der Waals surface area contributed by atoms with E-state index in [4.69, 9.17) is 16.0 Å². The second-order valence-electron chi connectivity index (χ2n) is 9.72. The first-order chi connectivity index (χ1) is 17.8. The zero-order valence-electron chi connectivity index (χ0n) is 20.8. The molecular weight excluding hydrogens is 496 g/mol. The zero-order valence-corrected chi connectivity index (χ0v) is 21.5. The van der Waals surface area contributed by atoms with Crippen molar-refractivity contribution in [3.63, 3.8) is 0 Å². The molecule has 4 heterocycles. The average molecular weight is 525 g/mol. The molecule has 3 aromatic heterocycles. The molecule has 2 N–H and O–H groups in total. The molecule has 1 saturated heterocycles. The van der Waals surface area contributed by atoms with Gasteiger partial charge in [-0.25, -0.2) is 9.97 Å². The molecule has 1 aliphatic carbocycles. The van der Waals surface area contributed by atoms with Crippen LogP contribution < -0.4 is 15.5 Å². The number of carbonyl (C=O) groups excluding carboxylic acids is 3. The van der Waals surface area contributed by atoms with Crippen LogP contribution in [0.5, 0.6) is 0 Å². The van der Waals surface area contributed by atoms with Crippen molar-refractivity contribution >= 4 is 57.7 Å². The van der Waals surface area contributed by atoms with Crippen LogP contribution in [0.15, 0.2) is 34.9 Å². The van der Waals surface area contributed by atoms with Crippen molar-refractivity contribution < 1.29 is 18.8 Å². The molecule has 0 atom stereocenters. The topological polar surface area (TPSA) is 121 Å². The van der Waals surface area contributed by atoms with Crippen molar-refractivity contribution in [2.45, 2.75) is 44.6 Å². The van der Waals surface area contributed by atoms with E-state index in [9.17, 15) is 14.4 Å². The molecule has 37 heavy (non-hydrogen) atoms. The van der Waals surface area contributed by atoms with Gasteiger partial charge in [0.25, 0.3) is 5.91 Å². The second kappa shape index (κ2) is 10.4. The summed E-state index contributed by atoms with van der Waals surface area (Å²) >= 11 is 5.90. The highest BCUT2D eigenvalue weighted by Crippen LogP contribution is 2.35. The average Bonchev–Trinajstić information content (AvgIpc) is 3.48. The fourth-order valence-corrected chi connectivity index (χ4v) is 5.16. The zero-order chi connectivity index (χ0) is 26.1. The van der Waals surface area contributed by atoms with Crippen molar-refractivity contribution in [1.82, 2.24) is 14.9 Å². The van der Waals surface area contributed by atoms with Crippen molar-refractivity contribution in [1.29, 1.82) is 0 Å². The third kappa shape index (κ3) is 5.24. The van der Waals surface area contributed by atoms with Crippen LogP contribution in [0.2, 0.25) is 5.02 Å². The fourth-order valence-electron chi connectivity index (χ4n) is 5.04. The third-order valence-corrected chi connectivity index (χ3v) is 7.24. The van der Waals surface area contributed by atoms with E-state index < -0.39 is 5.91 Å². The number of aromatic nitrogens is 2. The summed E-state index contributed by atoms with van der Waals surface area (Å²) in [6.07, 6.45) is 5.86. The van der Waals surface area contributed by atoms with E-state index in [2.05, 4.69) is 20.6 Å². The van der Waals surface area contributed by atoms with E-state index in [0.717, 1.165) is 25.8 Å². The highest BCUT2D eigenvalue weighted by molar-refractivity contribution is 6.30. The van der Waals surface area contributed by atoms with Gasteiger partial charge in [0.2, 0.25) is 17.6 Å². The van der Waals surface area contributed by atoms with Gasteiger partial charge in [-0.1, -0.05) is 11.6 Å². The number of anilines is 3. The molecule has 2 fully saturated rings. The molecule has 5 rings (SSSR count). The first kappa shape index (κ1) is 25.0. The molecule has 10 nitrogen and oxygen atoms in total. The fraction of sp³-hybridized carbons (Fsp3) is 0.423. The number of carbonyl (C=O) groups is 3. The number of pyridine rings is 2. The van der Waals surface area contributed by atoms with Crippen molar-refractivity contribution in [2.75, 3.05) is 36.2 Å². The summed E-state index contributed by atoms with van der Waals surface area (Å²) in [7, 11) is 3.71. The Morgan fingerprint density at radius 2 is 1.89 bits per heavy atom. The van der Waals surface area contributed by atoms with Crippen molar-refractivity contribution in [3.05, 3.63) is 41.2 Å². The molecule has 1 saturated carbocycles. The van der Waals surface area contributed by atoms with Gasteiger partial charge in [0.15, 0.2) is 5.58 Å². The van der Waals surface area contributed by atoms with Crippen LogP contribution >= 0.6 is 11.6 Å². The Balaban J connectivity index is 1.38. The Morgan fingerprint density at radius 1 is 1.11 bits per heavy atom. The molecule has 11 heteroatoms. The Hall–Kier alpha value is -3.66. The first-order valence-corrected chi connectivity index (χ1v) is 12.8. The van der Waals surface area contributed by atoms with E-state index >= 15 is 0 Å². The second-order valence-corrected chi connectivity index (χ2v) is 10.2. The predicted octanol–water partition coefficient (Wildman–Crippen LogP) is 4.31. The highest BCUT2D eigenvalue weighted by Gasteiger charge is 2.34. The monoisotopic (exact) mass is 524 g/mol. The van der Waals surface area contributed by atoms with E-state index in [1.54, 1.807) is 24.3 Å². The number of furan rings is 1. The third-order valence-electron chi connectivity index (χ3n) is 7.02.